The monoisotopic (exact) mass is 421 g/mol. The van der Waals surface area contributed by atoms with E-state index in [0.717, 1.165) is 57.7 Å². The summed E-state index contributed by atoms with van der Waals surface area (Å²) < 4.78 is 6.24. The standard InChI is InChI=1S/C26H35N3O2/c1-22(30)29-15-12-26(13-16-29)11-5-4-9-24-8-2-3-10-25(24)31-18-17-28(21-26)20-23-7-6-14-27-19-23/h2-3,6-8,10,14,19H,4-5,9,11-13,15-18,20-21H2,1H3. The number of benzene rings is 1. The number of likely N-dealkylation sites (tertiary alicyclic amines) is 1. The Hall–Kier alpha value is -2.40. The van der Waals surface area contributed by atoms with E-state index in [-0.39, 0.29) is 11.3 Å². The first-order chi connectivity index (χ1) is 15.1. The first-order valence-corrected chi connectivity index (χ1v) is 11.7. The van der Waals surface area contributed by atoms with Gasteiger partial charge in [-0.05, 0) is 60.8 Å². The molecule has 3 heterocycles. The number of piperidine rings is 1. The second kappa shape index (κ2) is 10.3. The third-order valence-corrected chi connectivity index (χ3v) is 7.00. The van der Waals surface area contributed by atoms with Crippen LogP contribution in [0.3, 0.4) is 0 Å². The fourth-order valence-electron chi connectivity index (χ4n) is 5.17. The van der Waals surface area contributed by atoms with E-state index < -0.39 is 0 Å². The number of carbonyl (C=O) groups excluding carboxylic acids is 1. The molecular weight excluding hydrogens is 386 g/mol. The second-order valence-electron chi connectivity index (χ2n) is 9.24. The molecule has 0 N–H and O–H groups in total. The zero-order valence-electron chi connectivity index (χ0n) is 18.8. The lowest BCUT2D eigenvalue weighted by atomic mass is 9.73. The summed E-state index contributed by atoms with van der Waals surface area (Å²) >= 11 is 0. The first-order valence-electron chi connectivity index (χ1n) is 11.7. The van der Waals surface area contributed by atoms with Crippen molar-refractivity contribution in [3.8, 4) is 5.75 Å². The van der Waals surface area contributed by atoms with Gasteiger partial charge in [0.2, 0.25) is 5.91 Å². The molecule has 166 valence electrons. The van der Waals surface area contributed by atoms with Gasteiger partial charge in [0.15, 0.2) is 0 Å². The minimum Gasteiger partial charge on any atom is -0.492 e. The molecule has 0 atom stereocenters. The number of fused-ring (bicyclic) bond motifs is 1. The highest BCUT2D eigenvalue weighted by Gasteiger charge is 2.36. The predicted octanol–water partition coefficient (Wildman–Crippen LogP) is 4.32. The van der Waals surface area contributed by atoms with Gasteiger partial charge in [-0.15, -0.1) is 0 Å². The molecule has 0 aliphatic carbocycles. The summed E-state index contributed by atoms with van der Waals surface area (Å²) in [5.74, 6) is 1.24. The summed E-state index contributed by atoms with van der Waals surface area (Å²) in [5, 5.41) is 0. The molecule has 1 aromatic carbocycles. The first kappa shape index (κ1) is 21.8. The minimum absolute atomic E-state index is 0.209. The molecule has 1 amide bonds. The van der Waals surface area contributed by atoms with Crippen molar-refractivity contribution >= 4 is 5.91 Å². The third-order valence-electron chi connectivity index (χ3n) is 7.00. The molecular formula is C26H35N3O2. The van der Waals surface area contributed by atoms with Crippen LogP contribution in [-0.2, 0) is 17.8 Å². The van der Waals surface area contributed by atoms with Crippen LogP contribution in [0.4, 0.5) is 0 Å². The summed E-state index contributed by atoms with van der Waals surface area (Å²) in [6.07, 6.45) is 10.7. The zero-order chi connectivity index (χ0) is 21.5. The number of aromatic nitrogens is 1. The SMILES string of the molecule is CC(=O)N1CCC2(CCCCc3ccccc3OCCN(Cc3cccnc3)C2)CC1. The topological polar surface area (TPSA) is 45.7 Å². The van der Waals surface area contributed by atoms with Gasteiger partial charge in [0, 0.05) is 52.0 Å². The normalized spacial score (nSPS) is 20.2. The molecule has 5 nitrogen and oxygen atoms in total. The Morgan fingerprint density at radius 2 is 1.90 bits per heavy atom. The fraction of sp³-hybridized carbons (Fsp3) is 0.538. The molecule has 0 unspecified atom stereocenters. The molecule has 0 saturated carbocycles. The van der Waals surface area contributed by atoms with Crippen molar-refractivity contribution in [1.82, 2.24) is 14.8 Å². The Balaban J connectivity index is 1.53. The van der Waals surface area contributed by atoms with Gasteiger partial charge in [0.1, 0.15) is 12.4 Å². The number of amides is 1. The van der Waals surface area contributed by atoms with Crippen LogP contribution in [0, 0.1) is 5.41 Å². The van der Waals surface area contributed by atoms with Crippen molar-refractivity contribution in [3.63, 3.8) is 0 Å². The van der Waals surface area contributed by atoms with E-state index in [1.54, 1.807) is 6.92 Å². The number of rotatable bonds is 2. The van der Waals surface area contributed by atoms with Crippen molar-refractivity contribution in [2.75, 3.05) is 32.8 Å². The van der Waals surface area contributed by atoms with E-state index in [9.17, 15) is 4.79 Å². The summed E-state index contributed by atoms with van der Waals surface area (Å²) in [4.78, 5) is 20.8. The van der Waals surface area contributed by atoms with Crippen LogP contribution in [0.25, 0.3) is 0 Å². The van der Waals surface area contributed by atoms with Gasteiger partial charge in [-0.3, -0.25) is 14.7 Å². The van der Waals surface area contributed by atoms with Crippen LogP contribution >= 0.6 is 0 Å². The fourth-order valence-corrected chi connectivity index (χ4v) is 5.17. The molecule has 2 aliphatic heterocycles. The van der Waals surface area contributed by atoms with Gasteiger partial charge >= 0.3 is 0 Å². The number of aryl methyl sites for hydroxylation is 1. The lowest BCUT2D eigenvalue weighted by Crippen LogP contribution is -2.48. The smallest absolute Gasteiger partial charge is 0.219 e. The summed E-state index contributed by atoms with van der Waals surface area (Å²) in [6.45, 7) is 6.98. The molecule has 5 heteroatoms. The van der Waals surface area contributed by atoms with E-state index >= 15 is 0 Å². The molecule has 1 fully saturated rings. The van der Waals surface area contributed by atoms with Gasteiger partial charge in [-0.25, -0.2) is 0 Å². The zero-order valence-corrected chi connectivity index (χ0v) is 18.8. The Morgan fingerprint density at radius 3 is 2.68 bits per heavy atom. The summed E-state index contributed by atoms with van der Waals surface area (Å²) in [7, 11) is 0. The van der Waals surface area contributed by atoms with Gasteiger partial charge in [0.25, 0.3) is 0 Å². The average Bonchev–Trinajstić information content (AvgIpc) is 2.78. The van der Waals surface area contributed by atoms with Gasteiger partial charge in [-0.1, -0.05) is 30.7 Å². The number of hydrogen-bond donors (Lipinski definition) is 0. The Kier molecular flexibility index (Phi) is 7.23. The van der Waals surface area contributed by atoms with Crippen LogP contribution in [0.5, 0.6) is 5.75 Å². The number of ether oxygens (including phenoxy) is 1. The lowest BCUT2D eigenvalue weighted by molar-refractivity contribution is -0.131. The number of para-hydroxylation sites is 1. The van der Waals surface area contributed by atoms with Crippen LogP contribution in [0.1, 0.15) is 50.2 Å². The number of nitrogens with zero attached hydrogens (tertiary/aromatic N) is 3. The molecule has 1 aromatic heterocycles. The molecule has 0 bridgehead atoms. The largest absolute Gasteiger partial charge is 0.492 e. The number of hydrogen-bond acceptors (Lipinski definition) is 4. The van der Waals surface area contributed by atoms with E-state index in [0.29, 0.717) is 6.61 Å². The molecule has 2 aliphatic rings. The molecule has 2 aromatic rings. The van der Waals surface area contributed by atoms with Crippen LogP contribution in [-0.4, -0.2) is 53.5 Å². The third kappa shape index (κ3) is 5.85. The van der Waals surface area contributed by atoms with Crippen molar-refractivity contribution < 1.29 is 9.53 Å². The maximum atomic E-state index is 11.9. The summed E-state index contributed by atoms with van der Waals surface area (Å²) in [5.41, 5.74) is 2.83. The van der Waals surface area contributed by atoms with Crippen LogP contribution < -0.4 is 4.74 Å². The molecule has 31 heavy (non-hydrogen) atoms. The van der Waals surface area contributed by atoms with E-state index in [2.05, 4.69) is 40.2 Å². The van der Waals surface area contributed by atoms with E-state index in [1.807, 2.05) is 23.4 Å². The predicted molar refractivity (Wildman–Crippen MR) is 123 cm³/mol. The molecule has 1 spiro atoms. The molecule has 0 radical (unpaired) electrons. The van der Waals surface area contributed by atoms with Gasteiger partial charge < -0.3 is 9.64 Å². The lowest BCUT2D eigenvalue weighted by Gasteiger charge is -2.45. The molecule has 1 saturated heterocycles. The van der Waals surface area contributed by atoms with Crippen LogP contribution in [0.15, 0.2) is 48.8 Å². The van der Waals surface area contributed by atoms with E-state index in [1.165, 1.54) is 30.4 Å². The Morgan fingerprint density at radius 1 is 1.06 bits per heavy atom. The average molecular weight is 422 g/mol. The quantitative estimate of drug-likeness (QED) is 0.725. The van der Waals surface area contributed by atoms with Gasteiger partial charge in [-0.2, -0.15) is 0 Å². The second-order valence-corrected chi connectivity index (χ2v) is 9.24. The van der Waals surface area contributed by atoms with E-state index in [4.69, 9.17) is 4.74 Å². The highest BCUT2D eigenvalue weighted by atomic mass is 16.5. The number of pyridine rings is 1. The van der Waals surface area contributed by atoms with Crippen molar-refractivity contribution in [1.29, 1.82) is 0 Å². The highest BCUT2D eigenvalue weighted by Crippen LogP contribution is 2.38. The Labute approximate surface area is 186 Å². The highest BCUT2D eigenvalue weighted by molar-refractivity contribution is 5.73. The number of carbonyl (C=O) groups is 1. The van der Waals surface area contributed by atoms with Crippen molar-refractivity contribution in [2.45, 2.75) is 52.0 Å². The summed E-state index contributed by atoms with van der Waals surface area (Å²) in [6, 6.07) is 12.7. The minimum atomic E-state index is 0.209. The maximum Gasteiger partial charge on any atom is 0.219 e. The van der Waals surface area contributed by atoms with Crippen molar-refractivity contribution in [2.24, 2.45) is 5.41 Å². The van der Waals surface area contributed by atoms with Crippen LogP contribution in [0.2, 0.25) is 0 Å². The van der Waals surface area contributed by atoms with Crippen molar-refractivity contribution in [3.05, 3.63) is 59.9 Å². The molecule has 4 rings (SSSR count). The Bertz CT molecular complexity index is 847. The van der Waals surface area contributed by atoms with Gasteiger partial charge in [0.05, 0.1) is 0 Å². The maximum absolute atomic E-state index is 11.9.